The molecule has 3 heterocycles. The number of hydrogen-bond acceptors (Lipinski definition) is 7. The lowest BCUT2D eigenvalue weighted by Gasteiger charge is -2.30. The second-order valence-corrected chi connectivity index (χ2v) is 5.93. The molecular weight excluding hydrogens is 336 g/mol. The second kappa shape index (κ2) is 6.49. The van der Waals surface area contributed by atoms with Gasteiger partial charge in [0.05, 0.1) is 23.3 Å². The van der Waals surface area contributed by atoms with Crippen LogP contribution in [0, 0.1) is 17.0 Å². The van der Waals surface area contributed by atoms with Gasteiger partial charge in [-0.2, -0.15) is 0 Å². The first-order chi connectivity index (χ1) is 12.6. The number of nitrogens with one attached hydrogen (secondary N) is 1. The zero-order valence-electron chi connectivity index (χ0n) is 13.9. The van der Waals surface area contributed by atoms with E-state index >= 15 is 0 Å². The Kier molecular flexibility index (Phi) is 4.02. The van der Waals surface area contributed by atoms with Gasteiger partial charge in [-0.15, -0.1) is 5.01 Å². The van der Waals surface area contributed by atoms with Crippen molar-refractivity contribution in [2.75, 3.05) is 5.01 Å². The van der Waals surface area contributed by atoms with E-state index in [1.807, 2.05) is 31.2 Å². The molecule has 0 bridgehead atoms. The molecule has 132 valence electrons. The monoisotopic (exact) mass is 352 g/mol. The van der Waals surface area contributed by atoms with Crippen molar-refractivity contribution >= 4 is 11.5 Å². The number of hydrazone groups is 1. The van der Waals surface area contributed by atoms with Crippen molar-refractivity contribution in [1.29, 1.82) is 0 Å². The fourth-order valence-electron chi connectivity index (χ4n) is 2.89. The van der Waals surface area contributed by atoms with Gasteiger partial charge in [0.2, 0.25) is 0 Å². The average molecular weight is 352 g/mol. The van der Waals surface area contributed by atoms with Crippen LogP contribution in [0.15, 0.2) is 75.0 Å². The number of benzene rings is 1. The highest BCUT2D eigenvalue weighted by molar-refractivity contribution is 5.83. The highest BCUT2D eigenvalue weighted by Gasteiger charge is 2.43. The van der Waals surface area contributed by atoms with E-state index in [4.69, 9.17) is 8.83 Å². The molecule has 0 radical (unpaired) electrons. The molecule has 2 aromatic heterocycles. The summed E-state index contributed by atoms with van der Waals surface area (Å²) in [6, 6.07) is 13.7. The van der Waals surface area contributed by atoms with E-state index in [1.165, 1.54) is 6.26 Å². The van der Waals surface area contributed by atoms with Crippen molar-refractivity contribution in [2.24, 2.45) is 5.10 Å². The minimum Gasteiger partial charge on any atom is -0.467 e. The first-order valence-corrected chi connectivity index (χ1v) is 8.05. The Morgan fingerprint density at radius 1 is 1.08 bits per heavy atom. The van der Waals surface area contributed by atoms with Gasteiger partial charge >= 0.3 is 5.84 Å². The van der Waals surface area contributed by atoms with Crippen molar-refractivity contribution in [2.45, 2.75) is 19.1 Å². The van der Waals surface area contributed by atoms with Crippen LogP contribution in [0.1, 0.15) is 29.3 Å². The van der Waals surface area contributed by atoms with Crippen molar-refractivity contribution in [1.82, 2.24) is 5.32 Å². The van der Waals surface area contributed by atoms with Gasteiger partial charge in [-0.3, -0.25) is 5.32 Å². The molecule has 1 N–H and O–H groups in total. The molecule has 0 saturated heterocycles. The zero-order chi connectivity index (χ0) is 18.1. The molecule has 1 aromatic carbocycles. The van der Waals surface area contributed by atoms with Gasteiger partial charge in [0.25, 0.3) is 0 Å². The maximum atomic E-state index is 11.6. The fourth-order valence-corrected chi connectivity index (χ4v) is 2.89. The van der Waals surface area contributed by atoms with Crippen LogP contribution in [-0.2, 0) is 0 Å². The topological polar surface area (TPSA) is 97.0 Å². The predicted molar refractivity (Wildman–Crippen MR) is 94.1 cm³/mol. The standard InChI is InChI=1S/C18H16N4O4/c1-12-6-8-13(9-7-12)21-17(15-5-3-11-26-15)19-16(14-4-2-10-25-14)18(20-21)22(23)24/h2-11,16-17,19H,1H3/t16-,17-/m1/s1. The highest BCUT2D eigenvalue weighted by Crippen LogP contribution is 2.33. The lowest BCUT2D eigenvalue weighted by molar-refractivity contribution is -0.356. The summed E-state index contributed by atoms with van der Waals surface area (Å²) in [7, 11) is 0. The summed E-state index contributed by atoms with van der Waals surface area (Å²) >= 11 is 0. The summed E-state index contributed by atoms with van der Waals surface area (Å²) in [6.45, 7) is 1.97. The van der Waals surface area contributed by atoms with E-state index < -0.39 is 17.1 Å². The summed E-state index contributed by atoms with van der Waals surface area (Å²) in [5, 5.41) is 20.7. The third-order valence-electron chi connectivity index (χ3n) is 4.16. The minimum atomic E-state index is -0.795. The van der Waals surface area contributed by atoms with E-state index in [-0.39, 0.29) is 5.84 Å². The number of nitro groups is 1. The summed E-state index contributed by atoms with van der Waals surface area (Å²) in [5.41, 5.74) is 1.79. The van der Waals surface area contributed by atoms with Crippen LogP contribution in [0.25, 0.3) is 0 Å². The quantitative estimate of drug-likeness (QED) is 0.571. The molecule has 26 heavy (non-hydrogen) atoms. The molecule has 0 amide bonds. The van der Waals surface area contributed by atoms with E-state index in [0.717, 1.165) is 5.56 Å². The molecule has 8 heteroatoms. The molecule has 0 saturated carbocycles. The SMILES string of the molecule is Cc1ccc(N2N=C([N+](=O)[O-])[C@@H](c3ccco3)N[C@H]2c2ccco2)cc1. The van der Waals surface area contributed by atoms with E-state index in [9.17, 15) is 10.1 Å². The van der Waals surface area contributed by atoms with Gasteiger partial charge in [-0.25, -0.2) is 0 Å². The normalized spacial score (nSPS) is 20.0. The van der Waals surface area contributed by atoms with Gasteiger partial charge in [-0.05, 0) is 48.2 Å². The number of nitrogens with zero attached hydrogens (tertiary/aromatic N) is 3. The molecule has 4 rings (SSSR count). The summed E-state index contributed by atoms with van der Waals surface area (Å²) in [5.74, 6) is 0.761. The predicted octanol–water partition coefficient (Wildman–Crippen LogP) is 3.62. The van der Waals surface area contributed by atoms with Gasteiger partial charge < -0.3 is 18.9 Å². The molecule has 1 aliphatic heterocycles. The lowest BCUT2D eigenvalue weighted by atomic mass is 10.1. The Morgan fingerprint density at radius 3 is 2.31 bits per heavy atom. The van der Waals surface area contributed by atoms with Gasteiger partial charge in [-0.1, -0.05) is 17.7 Å². The maximum Gasteiger partial charge on any atom is 0.389 e. The number of anilines is 1. The number of hydrogen-bond donors (Lipinski definition) is 1. The smallest absolute Gasteiger partial charge is 0.389 e. The molecule has 3 aromatic rings. The molecule has 1 aliphatic rings. The fraction of sp³-hybridized carbons (Fsp3) is 0.167. The third kappa shape index (κ3) is 2.86. The Morgan fingerprint density at radius 2 is 1.73 bits per heavy atom. The van der Waals surface area contributed by atoms with Gasteiger partial charge in [0.1, 0.15) is 11.5 Å². The number of aryl methyl sites for hydroxylation is 1. The number of rotatable bonds is 3. The minimum absolute atomic E-state index is 0.247. The average Bonchev–Trinajstić information content (AvgIpc) is 3.35. The molecule has 8 nitrogen and oxygen atoms in total. The molecule has 0 spiro atoms. The van der Waals surface area contributed by atoms with Crippen LogP contribution in [0.2, 0.25) is 0 Å². The molecule has 0 unspecified atom stereocenters. The van der Waals surface area contributed by atoms with E-state index in [1.54, 1.807) is 35.5 Å². The molecule has 0 aliphatic carbocycles. The molecular formula is C18H16N4O4. The van der Waals surface area contributed by atoms with Crippen LogP contribution in [-0.4, -0.2) is 10.8 Å². The van der Waals surface area contributed by atoms with Crippen LogP contribution in [0.4, 0.5) is 5.69 Å². The Bertz CT molecular complexity index is 917. The van der Waals surface area contributed by atoms with Crippen molar-refractivity contribution in [3.05, 3.63) is 88.3 Å². The van der Waals surface area contributed by atoms with Crippen molar-refractivity contribution in [3.63, 3.8) is 0 Å². The summed E-state index contributed by atoms with van der Waals surface area (Å²) in [6.07, 6.45) is 2.51. The zero-order valence-corrected chi connectivity index (χ0v) is 13.9. The van der Waals surface area contributed by atoms with E-state index in [0.29, 0.717) is 17.2 Å². The molecule has 2 atom stereocenters. The highest BCUT2D eigenvalue weighted by atomic mass is 16.6. The summed E-state index contributed by atoms with van der Waals surface area (Å²) < 4.78 is 10.9. The third-order valence-corrected chi connectivity index (χ3v) is 4.16. The van der Waals surface area contributed by atoms with Crippen LogP contribution in [0.5, 0.6) is 0 Å². The van der Waals surface area contributed by atoms with Crippen LogP contribution >= 0.6 is 0 Å². The van der Waals surface area contributed by atoms with Gasteiger partial charge in [0, 0.05) is 0 Å². The van der Waals surface area contributed by atoms with Crippen LogP contribution < -0.4 is 10.3 Å². The van der Waals surface area contributed by atoms with Crippen molar-refractivity contribution in [3.8, 4) is 0 Å². The lowest BCUT2D eigenvalue weighted by Crippen LogP contribution is -2.47. The first-order valence-electron chi connectivity index (χ1n) is 8.05. The van der Waals surface area contributed by atoms with Crippen LogP contribution in [0.3, 0.4) is 0 Å². The second-order valence-electron chi connectivity index (χ2n) is 5.93. The first kappa shape index (κ1) is 16.1. The van der Waals surface area contributed by atoms with E-state index in [2.05, 4.69) is 10.4 Å². The Balaban J connectivity index is 1.83. The largest absolute Gasteiger partial charge is 0.467 e. The number of furan rings is 2. The number of amidine groups is 1. The Labute approximate surface area is 148 Å². The van der Waals surface area contributed by atoms with Gasteiger partial charge in [0.15, 0.2) is 12.2 Å². The van der Waals surface area contributed by atoms with Crippen molar-refractivity contribution < 1.29 is 13.8 Å². The maximum absolute atomic E-state index is 11.6. The summed E-state index contributed by atoms with van der Waals surface area (Å²) in [4.78, 5) is 11.1. The molecule has 0 fully saturated rings. The Hall–Kier alpha value is -3.39.